The maximum atomic E-state index is 12.6. The Kier molecular flexibility index (Phi) is 5.19. The quantitative estimate of drug-likeness (QED) is 0.717. The third-order valence-corrected chi connectivity index (χ3v) is 5.47. The van der Waals surface area contributed by atoms with Gasteiger partial charge in [-0.2, -0.15) is 0 Å². The molecule has 0 N–H and O–H groups in total. The molecule has 8 nitrogen and oxygen atoms in total. The molecule has 9 heteroatoms. The summed E-state index contributed by atoms with van der Waals surface area (Å²) in [4.78, 5) is 43.8. The largest absolute Gasteiger partial charge is 0.372 e. The Morgan fingerprint density at radius 2 is 1.88 bits per heavy atom. The van der Waals surface area contributed by atoms with Crippen molar-refractivity contribution in [3.8, 4) is 0 Å². The summed E-state index contributed by atoms with van der Waals surface area (Å²) in [5, 5.41) is 0.360. The van der Waals surface area contributed by atoms with Crippen LogP contribution in [0.5, 0.6) is 0 Å². The number of carbonyl (C=O) groups excluding carboxylic acids is 1. The summed E-state index contributed by atoms with van der Waals surface area (Å²) in [6, 6.07) is 1.71. The highest BCUT2D eigenvalue weighted by Gasteiger charge is 2.26. The molecule has 1 aliphatic rings. The molecule has 3 heterocycles. The first-order valence-electron chi connectivity index (χ1n) is 8.40. The second-order valence-corrected chi connectivity index (χ2v) is 7.58. The van der Waals surface area contributed by atoms with Crippen molar-refractivity contribution < 1.29 is 9.53 Å². The van der Waals surface area contributed by atoms with Crippen LogP contribution in [0.4, 0.5) is 0 Å². The molecule has 0 radical (unpaired) electrons. The van der Waals surface area contributed by atoms with Crippen LogP contribution in [0.2, 0.25) is 0 Å². The number of thioether (sulfide) groups is 1. The lowest BCUT2D eigenvalue weighted by Crippen LogP contribution is -2.48. The molecular weight excluding hydrogens is 356 g/mol. The van der Waals surface area contributed by atoms with Gasteiger partial charge in [0.05, 0.1) is 23.3 Å². The average molecular weight is 378 g/mol. The molecular formula is C17H22N4O4S. The molecule has 1 amide bonds. The fourth-order valence-electron chi connectivity index (χ4n) is 3.19. The van der Waals surface area contributed by atoms with Crippen molar-refractivity contribution in [2.75, 3.05) is 18.8 Å². The monoisotopic (exact) mass is 378 g/mol. The molecule has 2 aromatic rings. The average Bonchev–Trinajstić information content (AvgIpc) is 2.61. The van der Waals surface area contributed by atoms with Gasteiger partial charge >= 0.3 is 5.69 Å². The third-order valence-electron chi connectivity index (χ3n) is 4.43. The Balaban J connectivity index is 1.87. The number of fused-ring (bicyclic) bond motifs is 1. The molecule has 0 saturated carbocycles. The summed E-state index contributed by atoms with van der Waals surface area (Å²) in [6.07, 6.45) is 1.57. The van der Waals surface area contributed by atoms with E-state index in [1.807, 2.05) is 13.8 Å². The van der Waals surface area contributed by atoms with E-state index in [2.05, 4.69) is 4.98 Å². The lowest BCUT2D eigenvalue weighted by Gasteiger charge is -2.35. The van der Waals surface area contributed by atoms with Crippen LogP contribution in [0, 0.1) is 0 Å². The van der Waals surface area contributed by atoms with E-state index in [0.717, 1.165) is 4.57 Å². The topological polar surface area (TPSA) is 86.4 Å². The smallest absolute Gasteiger partial charge is 0.332 e. The van der Waals surface area contributed by atoms with Crippen molar-refractivity contribution in [3.05, 3.63) is 33.1 Å². The fraction of sp³-hybridized carbons (Fsp3) is 0.529. The number of aryl methyl sites for hydroxylation is 1. The molecule has 0 bridgehead atoms. The summed E-state index contributed by atoms with van der Waals surface area (Å²) in [6.45, 7) is 5.03. The van der Waals surface area contributed by atoms with Gasteiger partial charge in [0.1, 0.15) is 5.65 Å². The van der Waals surface area contributed by atoms with Crippen LogP contribution in [0.25, 0.3) is 11.0 Å². The molecule has 26 heavy (non-hydrogen) atoms. The normalized spacial score (nSPS) is 20.5. The van der Waals surface area contributed by atoms with Crippen LogP contribution in [-0.4, -0.2) is 56.0 Å². The Morgan fingerprint density at radius 3 is 2.54 bits per heavy atom. The standard InChI is InChI=1S/C17H22N4O4S/c1-10-7-21(8-11(2)25-10)13(22)9-26-12-5-6-18-15-14(12)16(23)20(4)17(24)19(15)3/h5-6,10-11H,7-9H2,1-4H3/t10-,11-/m0/s1. The van der Waals surface area contributed by atoms with Crippen LogP contribution in [-0.2, 0) is 23.6 Å². The zero-order valence-corrected chi connectivity index (χ0v) is 16.1. The van der Waals surface area contributed by atoms with Gasteiger partial charge in [-0.05, 0) is 19.9 Å². The Labute approximate surface area is 154 Å². The van der Waals surface area contributed by atoms with Gasteiger partial charge in [0.15, 0.2) is 0 Å². The summed E-state index contributed by atoms with van der Waals surface area (Å²) in [7, 11) is 3.01. The third kappa shape index (κ3) is 3.41. The van der Waals surface area contributed by atoms with Gasteiger partial charge in [-0.25, -0.2) is 9.78 Å². The minimum Gasteiger partial charge on any atom is -0.372 e. The zero-order chi connectivity index (χ0) is 19.0. The van der Waals surface area contributed by atoms with Crippen molar-refractivity contribution in [3.63, 3.8) is 0 Å². The number of morpholine rings is 1. The number of hydrogen-bond donors (Lipinski definition) is 0. The predicted octanol–water partition coefficient (Wildman–Crippen LogP) is 0.360. The Bertz CT molecular complexity index is 958. The molecule has 1 saturated heterocycles. The second-order valence-electron chi connectivity index (χ2n) is 6.56. The molecule has 0 aliphatic carbocycles. The Morgan fingerprint density at radius 1 is 1.23 bits per heavy atom. The molecule has 0 aromatic carbocycles. The molecule has 0 unspecified atom stereocenters. The first-order valence-corrected chi connectivity index (χ1v) is 9.39. The number of rotatable bonds is 3. The lowest BCUT2D eigenvalue weighted by molar-refractivity contribution is -0.140. The van der Waals surface area contributed by atoms with Crippen molar-refractivity contribution in [1.82, 2.24) is 19.0 Å². The highest BCUT2D eigenvalue weighted by atomic mass is 32.2. The number of amides is 1. The zero-order valence-electron chi connectivity index (χ0n) is 15.3. The second kappa shape index (κ2) is 7.24. The first-order chi connectivity index (χ1) is 12.3. The van der Waals surface area contributed by atoms with E-state index in [1.165, 1.54) is 23.4 Å². The van der Waals surface area contributed by atoms with Gasteiger partial charge in [0.25, 0.3) is 5.56 Å². The van der Waals surface area contributed by atoms with Gasteiger partial charge in [0.2, 0.25) is 5.91 Å². The van der Waals surface area contributed by atoms with E-state index in [-0.39, 0.29) is 23.9 Å². The molecule has 140 valence electrons. The minimum atomic E-state index is -0.426. The summed E-state index contributed by atoms with van der Waals surface area (Å²) >= 11 is 1.29. The first kappa shape index (κ1) is 18.7. The maximum absolute atomic E-state index is 12.6. The van der Waals surface area contributed by atoms with E-state index < -0.39 is 11.2 Å². The van der Waals surface area contributed by atoms with Crippen LogP contribution in [0.1, 0.15) is 13.8 Å². The SMILES string of the molecule is C[C@H]1CN(C(=O)CSc2ccnc3c2c(=O)n(C)c(=O)n3C)C[C@H](C)O1. The summed E-state index contributed by atoms with van der Waals surface area (Å²) < 4.78 is 8.05. The van der Waals surface area contributed by atoms with Gasteiger partial charge in [-0.15, -0.1) is 11.8 Å². The summed E-state index contributed by atoms with van der Waals surface area (Å²) in [5.41, 5.74) is -0.506. The van der Waals surface area contributed by atoms with E-state index >= 15 is 0 Å². The van der Waals surface area contributed by atoms with E-state index in [9.17, 15) is 14.4 Å². The van der Waals surface area contributed by atoms with Crippen LogP contribution >= 0.6 is 11.8 Å². The van der Waals surface area contributed by atoms with Crippen LogP contribution in [0.15, 0.2) is 26.7 Å². The minimum absolute atomic E-state index is 0.00334. The molecule has 3 rings (SSSR count). The van der Waals surface area contributed by atoms with Crippen molar-refractivity contribution in [1.29, 1.82) is 0 Å². The van der Waals surface area contributed by atoms with Gasteiger partial charge in [-0.3, -0.25) is 18.7 Å². The van der Waals surface area contributed by atoms with E-state index in [1.54, 1.807) is 24.2 Å². The van der Waals surface area contributed by atoms with Crippen molar-refractivity contribution >= 4 is 28.7 Å². The molecule has 0 spiro atoms. The summed E-state index contributed by atoms with van der Waals surface area (Å²) in [5.74, 6) is 0.216. The van der Waals surface area contributed by atoms with E-state index in [0.29, 0.717) is 29.0 Å². The molecule has 2 aromatic heterocycles. The molecule has 1 aliphatic heterocycles. The highest BCUT2D eigenvalue weighted by molar-refractivity contribution is 8.00. The number of aromatic nitrogens is 3. The number of hydrogen-bond acceptors (Lipinski definition) is 6. The van der Waals surface area contributed by atoms with Crippen molar-refractivity contribution in [2.45, 2.75) is 31.0 Å². The van der Waals surface area contributed by atoms with Gasteiger partial charge in [0, 0.05) is 38.3 Å². The van der Waals surface area contributed by atoms with E-state index in [4.69, 9.17) is 4.74 Å². The van der Waals surface area contributed by atoms with Crippen LogP contribution < -0.4 is 11.2 Å². The number of carbonyl (C=O) groups is 1. The molecule has 1 fully saturated rings. The number of ether oxygens (including phenoxy) is 1. The number of pyridine rings is 1. The highest BCUT2D eigenvalue weighted by Crippen LogP contribution is 2.24. The lowest BCUT2D eigenvalue weighted by atomic mass is 10.2. The van der Waals surface area contributed by atoms with Crippen LogP contribution in [0.3, 0.4) is 0 Å². The van der Waals surface area contributed by atoms with Crippen molar-refractivity contribution in [2.24, 2.45) is 14.1 Å². The van der Waals surface area contributed by atoms with Gasteiger partial charge < -0.3 is 9.64 Å². The Hall–Kier alpha value is -2.13. The fourth-order valence-corrected chi connectivity index (χ4v) is 4.13. The number of nitrogens with zero attached hydrogens (tertiary/aromatic N) is 4. The molecule has 2 atom stereocenters. The van der Waals surface area contributed by atoms with Gasteiger partial charge in [-0.1, -0.05) is 0 Å². The maximum Gasteiger partial charge on any atom is 0.332 e. The predicted molar refractivity (Wildman–Crippen MR) is 99.5 cm³/mol.